The second-order valence-corrected chi connectivity index (χ2v) is 8.97. The zero-order chi connectivity index (χ0) is 23.2. The number of rotatable bonds is 9. The number of carbonyl (C=O) groups is 2. The first-order chi connectivity index (χ1) is 16.1. The summed E-state index contributed by atoms with van der Waals surface area (Å²) in [4.78, 5) is 30.9. The van der Waals surface area contributed by atoms with Crippen molar-refractivity contribution < 1.29 is 23.5 Å². The molecule has 8 heteroatoms. The highest BCUT2D eigenvalue weighted by Gasteiger charge is 2.34. The summed E-state index contributed by atoms with van der Waals surface area (Å²) in [5.74, 6) is 0.522. The molecular weight excluding hydrogens is 440 g/mol. The van der Waals surface area contributed by atoms with E-state index in [1.807, 2.05) is 36.1 Å². The fraction of sp³-hybridized carbons (Fsp3) is 0.360. The Balaban J connectivity index is 1.50. The zero-order valence-electron chi connectivity index (χ0n) is 18.9. The van der Waals surface area contributed by atoms with Crippen molar-refractivity contribution in [3.63, 3.8) is 0 Å². The Morgan fingerprint density at radius 2 is 2.03 bits per heavy atom. The lowest BCUT2D eigenvalue weighted by Crippen LogP contribution is -2.48. The Morgan fingerprint density at radius 3 is 2.76 bits per heavy atom. The number of fused-ring (bicyclic) bond motifs is 1. The predicted molar refractivity (Wildman–Crippen MR) is 126 cm³/mol. The van der Waals surface area contributed by atoms with Crippen LogP contribution in [-0.4, -0.2) is 61.6 Å². The van der Waals surface area contributed by atoms with Gasteiger partial charge in [0.2, 0.25) is 5.91 Å². The summed E-state index contributed by atoms with van der Waals surface area (Å²) in [5.41, 5.74) is 2.28. The number of methoxy groups -OCH3 is 1. The lowest BCUT2D eigenvalue weighted by atomic mass is 10.0. The monoisotopic (exact) mass is 468 g/mol. The Labute approximate surface area is 197 Å². The number of hydrogen-bond donors (Lipinski definition) is 0. The maximum absolute atomic E-state index is 13.5. The molecule has 7 nitrogen and oxygen atoms in total. The molecule has 0 radical (unpaired) electrons. The van der Waals surface area contributed by atoms with Crippen molar-refractivity contribution in [2.75, 3.05) is 40.0 Å². The van der Waals surface area contributed by atoms with Gasteiger partial charge in [-0.2, -0.15) is 0 Å². The minimum Gasteiger partial charge on any atom is -0.491 e. The highest BCUT2D eigenvalue weighted by Crippen LogP contribution is 2.34. The molecule has 0 bridgehead atoms. The average molecular weight is 469 g/mol. The number of hydrogen-bond acceptors (Lipinski definition) is 6. The number of thiophene rings is 1. The second kappa shape index (κ2) is 10.7. The zero-order valence-corrected chi connectivity index (χ0v) is 19.7. The van der Waals surface area contributed by atoms with Crippen molar-refractivity contribution >= 4 is 23.2 Å². The Bertz CT molecular complexity index is 1060. The highest BCUT2D eigenvalue weighted by atomic mass is 32.1. The molecule has 0 fully saturated rings. The molecule has 0 aliphatic carbocycles. The standard InChI is InChI=1S/C25H28N2O5S/c1-18-5-7-19(8-6-18)32-17-21-20-10-15-33-23(20)9-11-27(21)24(28)16-26(12-14-30-2)25(29)22-4-3-13-31-22/h3-8,10,13,15,21H,9,11-12,14,16-17H2,1-2H3. The van der Waals surface area contributed by atoms with E-state index in [-0.39, 0.29) is 30.2 Å². The second-order valence-electron chi connectivity index (χ2n) is 7.97. The van der Waals surface area contributed by atoms with Gasteiger partial charge in [-0.3, -0.25) is 9.59 Å². The Morgan fingerprint density at radius 1 is 1.21 bits per heavy atom. The molecule has 33 heavy (non-hydrogen) atoms. The van der Waals surface area contributed by atoms with Crippen LogP contribution in [0.5, 0.6) is 5.75 Å². The number of aryl methyl sites for hydroxylation is 1. The van der Waals surface area contributed by atoms with Crippen LogP contribution in [0.1, 0.15) is 32.6 Å². The molecule has 0 saturated heterocycles. The van der Waals surface area contributed by atoms with Crippen LogP contribution in [0.15, 0.2) is 58.5 Å². The van der Waals surface area contributed by atoms with Gasteiger partial charge in [-0.05, 0) is 54.6 Å². The van der Waals surface area contributed by atoms with E-state index in [2.05, 4.69) is 11.4 Å². The molecule has 2 aromatic heterocycles. The van der Waals surface area contributed by atoms with E-state index in [4.69, 9.17) is 13.9 Å². The minimum atomic E-state index is -0.328. The number of ether oxygens (including phenoxy) is 2. The quantitative estimate of drug-likeness (QED) is 0.476. The molecule has 4 rings (SSSR count). The van der Waals surface area contributed by atoms with Crippen LogP contribution in [0.3, 0.4) is 0 Å². The van der Waals surface area contributed by atoms with E-state index in [1.54, 1.807) is 30.6 Å². The largest absolute Gasteiger partial charge is 0.491 e. The molecule has 1 aromatic carbocycles. The molecule has 0 spiro atoms. The summed E-state index contributed by atoms with van der Waals surface area (Å²) < 4.78 is 16.5. The molecule has 0 saturated carbocycles. The van der Waals surface area contributed by atoms with Crippen LogP contribution < -0.4 is 4.74 Å². The molecule has 1 unspecified atom stereocenters. The normalized spacial score (nSPS) is 15.2. The number of amides is 2. The molecular formula is C25H28N2O5S. The summed E-state index contributed by atoms with van der Waals surface area (Å²) in [6.45, 7) is 3.54. The van der Waals surface area contributed by atoms with Crippen molar-refractivity contribution in [1.29, 1.82) is 0 Å². The molecule has 3 heterocycles. The van der Waals surface area contributed by atoms with Crippen molar-refractivity contribution in [3.8, 4) is 5.75 Å². The molecule has 1 atom stereocenters. The van der Waals surface area contributed by atoms with E-state index in [9.17, 15) is 9.59 Å². The first-order valence-corrected chi connectivity index (χ1v) is 11.8. The van der Waals surface area contributed by atoms with Gasteiger partial charge in [0.1, 0.15) is 18.9 Å². The summed E-state index contributed by atoms with van der Waals surface area (Å²) in [6, 6.07) is 13.0. The van der Waals surface area contributed by atoms with E-state index >= 15 is 0 Å². The fourth-order valence-corrected chi connectivity index (χ4v) is 4.88. The van der Waals surface area contributed by atoms with Crippen LogP contribution in [0.2, 0.25) is 0 Å². The van der Waals surface area contributed by atoms with Crippen LogP contribution in [0, 0.1) is 6.92 Å². The molecule has 3 aromatic rings. The third kappa shape index (κ3) is 5.46. The van der Waals surface area contributed by atoms with Gasteiger partial charge < -0.3 is 23.7 Å². The number of nitrogens with zero attached hydrogens (tertiary/aromatic N) is 2. The van der Waals surface area contributed by atoms with Gasteiger partial charge >= 0.3 is 0 Å². The smallest absolute Gasteiger partial charge is 0.290 e. The summed E-state index contributed by atoms with van der Waals surface area (Å²) in [5, 5.41) is 2.06. The fourth-order valence-electron chi connectivity index (χ4n) is 3.95. The average Bonchev–Trinajstić information content (AvgIpc) is 3.53. The molecule has 174 valence electrons. The van der Waals surface area contributed by atoms with E-state index in [0.717, 1.165) is 23.3 Å². The van der Waals surface area contributed by atoms with Gasteiger partial charge in [0, 0.05) is 25.1 Å². The van der Waals surface area contributed by atoms with Gasteiger partial charge in [-0.25, -0.2) is 0 Å². The van der Waals surface area contributed by atoms with Crippen molar-refractivity contribution in [2.24, 2.45) is 0 Å². The van der Waals surface area contributed by atoms with E-state index in [1.165, 1.54) is 16.0 Å². The van der Waals surface area contributed by atoms with Gasteiger partial charge in [0.25, 0.3) is 5.91 Å². The molecule has 1 aliphatic heterocycles. The van der Waals surface area contributed by atoms with Gasteiger partial charge in [-0.1, -0.05) is 17.7 Å². The maximum Gasteiger partial charge on any atom is 0.290 e. The minimum absolute atomic E-state index is 0.0522. The van der Waals surface area contributed by atoms with Crippen LogP contribution in [-0.2, 0) is 16.0 Å². The number of furan rings is 1. The molecule has 2 amide bonds. The van der Waals surface area contributed by atoms with E-state index in [0.29, 0.717) is 26.3 Å². The highest BCUT2D eigenvalue weighted by molar-refractivity contribution is 7.10. The maximum atomic E-state index is 13.5. The van der Waals surface area contributed by atoms with Crippen molar-refractivity contribution in [3.05, 3.63) is 75.9 Å². The molecule has 0 N–H and O–H groups in total. The predicted octanol–water partition coefficient (Wildman–Crippen LogP) is 3.94. The van der Waals surface area contributed by atoms with Gasteiger partial charge in [0.05, 0.1) is 18.9 Å². The van der Waals surface area contributed by atoms with Crippen LogP contribution in [0.4, 0.5) is 0 Å². The van der Waals surface area contributed by atoms with Crippen LogP contribution in [0.25, 0.3) is 0 Å². The summed E-state index contributed by atoms with van der Waals surface area (Å²) in [6.07, 6.45) is 2.24. The summed E-state index contributed by atoms with van der Waals surface area (Å²) in [7, 11) is 1.57. The first kappa shape index (κ1) is 23.1. The Kier molecular flexibility index (Phi) is 7.47. The lowest BCUT2D eigenvalue weighted by Gasteiger charge is -2.37. The topological polar surface area (TPSA) is 72.2 Å². The number of benzene rings is 1. The third-order valence-electron chi connectivity index (χ3n) is 5.75. The van der Waals surface area contributed by atoms with Crippen LogP contribution >= 0.6 is 11.3 Å². The van der Waals surface area contributed by atoms with E-state index < -0.39 is 0 Å². The Hall–Kier alpha value is -3.10. The number of carbonyl (C=O) groups excluding carboxylic acids is 2. The third-order valence-corrected chi connectivity index (χ3v) is 6.75. The first-order valence-electron chi connectivity index (χ1n) is 10.9. The lowest BCUT2D eigenvalue weighted by molar-refractivity contribution is -0.135. The van der Waals surface area contributed by atoms with Crippen molar-refractivity contribution in [2.45, 2.75) is 19.4 Å². The summed E-state index contributed by atoms with van der Waals surface area (Å²) >= 11 is 1.71. The van der Waals surface area contributed by atoms with Gasteiger partial charge in [0.15, 0.2) is 5.76 Å². The molecule has 1 aliphatic rings. The van der Waals surface area contributed by atoms with Crippen molar-refractivity contribution in [1.82, 2.24) is 9.80 Å². The van der Waals surface area contributed by atoms with Gasteiger partial charge in [-0.15, -0.1) is 11.3 Å². The SMILES string of the molecule is COCCN(CC(=O)N1CCc2sccc2C1COc1ccc(C)cc1)C(=O)c1ccco1.